The molecule has 0 saturated heterocycles. The minimum atomic E-state index is -0.772. The molecule has 1 aliphatic heterocycles. The number of anilines is 1. The van der Waals surface area contributed by atoms with Crippen molar-refractivity contribution in [1.82, 2.24) is 9.38 Å². The van der Waals surface area contributed by atoms with Crippen LogP contribution < -0.4 is 5.32 Å². The van der Waals surface area contributed by atoms with Gasteiger partial charge in [0.25, 0.3) is 0 Å². The van der Waals surface area contributed by atoms with E-state index < -0.39 is 12.2 Å². The van der Waals surface area contributed by atoms with Gasteiger partial charge in [-0.15, -0.1) is 0 Å². The van der Waals surface area contributed by atoms with Gasteiger partial charge in [-0.1, -0.05) is 30.3 Å². The summed E-state index contributed by atoms with van der Waals surface area (Å²) in [5, 5.41) is 14.8. The average Bonchev–Trinajstić information content (AvgIpc) is 3.05. The van der Waals surface area contributed by atoms with Crippen molar-refractivity contribution < 1.29 is 19.3 Å². The zero-order chi connectivity index (χ0) is 21.3. The number of hydrogen-bond donors (Lipinski definition) is 2. The van der Waals surface area contributed by atoms with E-state index in [9.17, 15) is 5.11 Å². The van der Waals surface area contributed by atoms with Crippen LogP contribution in [0.25, 0.3) is 5.65 Å². The SMILES string of the molecule is COCCO[C@@H]1c2cc(COC)n3c(C)c(C)nc3c2N[C@H](c2ccccc2)[C@H]1O. The van der Waals surface area contributed by atoms with Gasteiger partial charge in [0.1, 0.15) is 12.2 Å². The molecule has 0 radical (unpaired) electrons. The molecule has 1 aliphatic rings. The summed E-state index contributed by atoms with van der Waals surface area (Å²) >= 11 is 0. The normalized spacial score (nSPS) is 20.9. The standard InChI is InChI=1S/C23H29N3O4/c1-14-15(2)26-17(13-29-4)12-18-20(23(26)24-14)25-19(16-8-6-5-7-9-16)21(27)22(18)30-11-10-28-3/h5-9,12,19,21-22,25,27H,10-11,13H2,1-4H3/t19-,21-,22-/m1/s1. The van der Waals surface area contributed by atoms with Gasteiger partial charge in [0, 0.05) is 25.5 Å². The number of aromatic nitrogens is 2. The van der Waals surface area contributed by atoms with Crippen molar-refractivity contribution in [3.05, 3.63) is 64.6 Å². The van der Waals surface area contributed by atoms with Crippen molar-refractivity contribution in [3.63, 3.8) is 0 Å². The summed E-state index contributed by atoms with van der Waals surface area (Å²) < 4.78 is 18.9. The lowest BCUT2D eigenvalue weighted by Gasteiger charge is -2.38. The molecule has 30 heavy (non-hydrogen) atoms. The van der Waals surface area contributed by atoms with Gasteiger partial charge in [0.2, 0.25) is 0 Å². The van der Waals surface area contributed by atoms with Crippen molar-refractivity contribution in [2.45, 2.75) is 38.7 Å². The van der Waals surface area contributed by atoms with Crippen LogP contribution in [0.5, 0.6) is 0 Å². The summed E-state index contributed by atoms with van der Waals surface area (Å²) in [4.78, 5) is 4.84. The van der Waals surface area contributed by atoms with Crippen LogP contribution in [-0.2, 0) is 20.8 Å². The van der Waals surface area contributed by atoms with Crippen molar-refractivity contribution >= 4 is 11.3 Å². The summed E-state index contributed by atoms with van der Waals surface area (Å²) in [6, 6.07) is 11.7. The fraction of sp³-hybridized carbons (Fsp3) is 0.435. The second kappa shape index (κ2) is 8.73. The first-order valence-electron chi connectivity index (χ1n) is 10.2. The molecule has 7 heteroatoms. The zero-order valence-corrected chi connectivity index (χ0v) is 17.9. The van der Waals surface area contributed by atoms with Gasteiger partial charge in [-0.3, -0.25) is 4.40 Å². The molecular weight excluding hydrogens is 382 g/mol. The van der Waals surface area contributed by atoms with E-state index in [1.807, 2.05) is 37.3 Å². The lowest BCUT2D eigenvalue weighted by molar-refractivity contribution is -0.0634. The molecular formula is C23H29N3O4. The maximum atomic E-state index is 11.3. The fourth-order valence-corrected chi connectivity index (χ4v) is 4.19. The van der Waals surface area contributed by atoms with Gasteiger partial charge in [0.05, 0.1) is 42.9 Å². The molecule has 0 amide bonds. The van der Waals surface area contributed by atoms with Gasteiger partial charge in [-0.25, -0.2) is 4.98 Å². The van der Waals surface area contributed by atoms with E-state index in [0.717, 1.165) is 39.5 Å². The minimum absolute atomic E-state index is 0.319. The number of imidazole rings is 1. The first-order valence-corrected chi connectivity index (χ1v) is 10.2. The van der Waals surface area contributed by atoms with Gasteiger partial charge < -0.3 is 24.6 Å². The highest BCUT2D eigenvalue weighted by atomic mass is 16.5. The molecule has 1 aromatic carbocycles. The smallest absolute Gasteiger partial charge is 0.161 e. The topological polar surface area (TPSA) is 77.2 Å². The molecule has 0 spiro atoms. The van der Waals surface area contributed by atoms with Crippen LogP contribution in [0.2, 0.25) is 0 Å². The number of nitrogens with one attached hydrogen (secondary N) is 1. The van der Waals surface area contributed by atoms with Crippen LogP contribution >= 0.6 is 0 Å². The lowest BCUT2D eigenvalue weighted by atomic mass is 9.88. The largest absolute Gasteiger partial charge is 0.388 e. The average molecular weight is 412 g/mol. The molecule has 3 atom stereocenters. The third kappa shape index (κ3) is 3.58. The fourth-order valence-electron chi connectivity index (χ4n) is 4.19. The van der Waals surface area contributed by atoms with Gasteiger partial charge in [-0.2, -0.15) is 0 Å². The predicted molar refractivity (Wildman–Crippen MR) is 115 cm³/mol. The Morgan fingerprint density at radius 1 is 1.10 bits per heavy atom. The van der Waals surface area contributed by atoms with Crippen LogP contribution in [0.15, 0.2) is 36.4 Å². The number of pyridine rings is 1. The number of aliphatic hydroxyl groups is 1. The number of aryl methyl sites for hydroxylation is 2. The number of nitrogens with zero attached hydrogens (tertiary/aromatic N) is 2. The van der Waals surface area contributed by atoms with Gasteiger partial charge >= 0.3 is 0 Å². The predicted octanol–water partition coefficient (Wildman–Crippen LogP) is 3.33. The molecule has 3 aromatic rings. The molecule has 2 N–H and O–H groups in total. The first-order chi connectivity index (χ1) is 14.6. The summed E-state index contributed by atoms with van der Waals surface area (Å²) in [6.45, 7) is 5.33. The lowest BCUT2D eigenvalue weighted by Crippen LogP contribution is -2.38. The molecule has 0 fully saturated rings. The number of aliphatic hydroxyl groups excluding tert-OH is 1. The Kier molecular flexibility index (Phi) is 6.06. The number of methoxy groups -OCH3 is 2. The highest BCUT2D eigenvalue weighted by Crippen LogP contribution is 2.44. The number of fused-ring (bicyclic) bond motifs is 3. The van der Waals surface area contributed by atoms with E-state index in [0.29, 0.717) is 19.8 Å². The Labute approximate surface area is 176 Å². The molecule has 0 unspecified atom stereocenters. The summed E-state index contributed by atoms with van der Waals surface area (Å²) in [5.41, 5.74) is 6.58. The Balaban J connectivity index is 1.89. The van der Waals surface area contributed by atoms with Crippen LogP contribution in [0.3, 0.4) is 0 Å². The highest BCUT2D eigenvalue weighted by Gasteiger charge is 2.39. The number of ether oxygens (including phenoxy) is 3. The van der Waals surface area contributed by atoms with Crippen molar-refractivity contribution in [2.24, 2.45) is 0 Å². The van der Waals surface area contributed by atoms with E-state index >= 15 is 0 Å². The van der Waals surface area contributed by atoms with E-state index in [-0.39, 0.29) is 6.04 Å². The quantitative estimate of drug-likeness (QED) is 0.581. The molecule has 7 nitrogen and oxygen atoms in total. The Bertz CT molecular complexity index is 1020. The first kappa shape index (κ1) is 20.8. The molecule has 4 rings (SSSR count). The van der Waals surface area contributed by atoms with Gasteiger partial charge in [0.15, 0.2) is 5.65 Å². The summed E-state index contributed by atoms with van der Waals surface area (Å²) in [5.74, 6) is 0. The van der Waals surface area contributed by atoms with Crippen molar-refractivity contribution in [1.29, 1.82) is 0 Å². The second-order valence-electron chi connectivity index (χ2n) is 7.65. The van der Waals surface area contributed by atoms with Crippen LogP contribution in [0.4, 0.5) is 5.69 Å². The third-order valence-corrected chi connectivity index (χ3v) is 5.76. The van der Waals surface area contributed by atoms with E-state index in [2.05, 4.69) is 22.7 Å². The van der Waals surface area contributed by atoms with Crippen molar-refractivity contribution in [2.75, 3.05) is 32.8 Å². The van der Waals surface area contributed by atoms with Crippen LogP contribution in [-0.4, -0.2) is 48.0 Å². The zero-order valence-electron chi connectivity index (χ0n) is 17.9. The highest BCUT2D eigenvalue weighted by molar-refractivity contribution is 5.76. The number of rotatable bonds is 7. The molecule has 0 aliphatic carbocycles. The van der Waals surface area contributed by atoms with Crippen molar-refractivity contribution in [3.8, 4) is 0 Å². The summed E-state index contributed by atoms with van der Waals surface area (Å²) in [6.07, 6.45) is -1.29. The molecule has 0 bridgehead atoms. The van der Waals surface area contributed by atoms with Crippen LogP contribution in [0.1, 0.15) is 40.4 Å². The number of hydrogen-bond acceptors (Lipinski definition) is 6. The van der Waals surface area contributed by atoms with Crippen LogP contribution in [0, 0.1) is 13.8 Å². The maximum absolute atomic E-state index is 11.3. The second-order valence-corrected chi connectivity index (χ2v) is 7.65. The molecule has 0 saturated carbocycles. The maximum Gasteiger partial charge on any atom is 0.161 e. The number of benzene rings is 1. The van der Waals surface area contributed by atoms with E-state index in [1.165, 1.54) is 0 Å². The van der Waals surface area contributed by atoms with E-state index in [4.69, 9.17) is 19.2 Å². The monoisotopic (exact) mass is 411 g/mol. The van der Waals surface area contributed by atoms with E-state index in [1.54, 1.807) is 14.2 Å². The van der Waals surface area contributed by atoms with Gasteiger partial charge in [-0.05, 0) is 25.5 Å². The molecule has 160 valence electrons. The Morgan fingerprint density at radius 3 is 2.57 bits per heavy atom. The summed E-state index contributed by atoms with van der Waals surface area (Å²) in [7, 11) is 3.31. The molecule has 3 heterocycles. The molecule has 2 aromatic heterocycles. The third-order valence-electron chi connectivity index (χ3n) is 5.76. The Morgan fingerprint density at radius 2 is 1.87 bits per heavy atom. The minimum Gasteiger partial charge on any atom is -0.388 e. The Hall–Kier alpha value is -2.45.